The van der Waals surface area contributed by atoms with Crippen molar-refractivity contribution in [3.63, 3.8) is 0 Å². The number of aromatic nitrogens is 4. The minimum atomic E-state index is 0.318. The number of halogens is 1. The van der Waals surface area contributed by atoms with Gasteiger partial charge in [0.25, 0.3) is 0 Å². The van der Waals surface area contributed by atoms with Crippen molar-refractivity contribution in [1.82, 2.24) is 19.9 Å². The predicted octanol–water partition coefficient (Wildman–Crippen LogP) is 3.01. The molecule has 0 aliphatic rings. The molecule has 2 rings (SSSR count). The van der Waals surface area contributed by atoms with Gasteiger partial charge in [-0.25, -0.2) is 4.98 Å². The average Bonchev–Trinajstić information content (AvgIpc) is 2.42. The lowest BCUT2D eigenvalue weighted by molar-refractivity contribution is 0.308. The Bertz CT molecular complexity index is 542. The van der Waals surface area contributed by atoms with E-state index in [0.717, 1.165) is 16.0 Å². The van der Waals surface area contributed by atoms with Crippen LogP contribution in [0.15, 0.2) is 33.0 Å². The summed E-state index contributed by atoms with van der Waals surface area (Å²) in [4.78, 5) is 17.0. The Balaban J connectivity index is 2.22. The molecule has 0 saturated heterocycles. The molecule has 0 aliphatic carbocycles. The maximum atomic E-state index is 5.35. The van der Waals surface area contributed by atoms with Crippen molar-refractivity contribution in [1.29, 1.82) is 0 Å². The fourth-order valence-corrected chi connectivity index (χ4v) is 2.25. The highest BCUT2D eigenvalue weighted by atomic mass is 79.9. The van der Waals surface area contributed by atoms with Gasteiger partial charge in [0.2, 0.25) is 11.1 Å². The van der Waals surface area contributed by atoms with Crippen molar-refractivity contribution in [3.05, 3.63) is 22.8 Å². The van der Waals surface area contributed by atoms with Gasteiger partial charge in [0.1, 0.15) is 5.03 Å². The van der Waals surface area contributed by atoms with E-state index in [2.05, 4.69) is 41.2 Å². The van der Waals surface area contributed by atoms with Crippen LogP contribution in [0.25, 0.3) is 0 Å². The van der Waals surface area contributed by atoms with Gasteiger partial charge in [-0.3, -0.25) is 0 Å². The van der Waals surface area contributed by atoms with Crippen LogP contribution in [0.2, 0.25) is 0 Å². The number of ether oxygens (including phenoxy) is 1. The van der Waals surface area contributed by atoms with Crippen molar-refractivity contribution in [2.24, 2.45) is 0 Å². The van der Waals surface area contributed by atoms with Crippen LogP contribution in [0, 0.1) is 0 Å². The third-order valence-electron chi connectivity index (χ3n) is 2.10. The number of nitrogens with zero attached hydrogens (tertiary/aromatic N) is 4. The normalized spacial score (nSPS) is 10.3. The van der Waals surface area contributed by atoms with Gasteiger partial charge in [0, 0.05) is 17.2 Å². The molecule has 106 valence electrons. The first-order valence-electron chi connectivity index (χ1n) is 6.13. The standard InChI is InChI=1S/C12H14BrN5OS/c1-3-14-10-16-11(19-4-2)18-12(17-10)20-9-6-5-8(13)7-15-9/h5-7H,3-4H2,1-2H3,(H,14,16,17,18). The van der Waals surface area contributed by atoms with Crippen LogP contribution in [0.1, 0.15) is 13.8 Å². The van der Waals surface area contributed by atoms with Gasteiger partial charge in [-0.1, -0.05) is 0 Å². The van der Waals surface area contributed by atoms with Gasteiger partial charge in [-0.15, -0.1) is 0 Å². The van der Waals surface area contributed by atoms with Crippen molar-refractivity contribution >= 4 is 33.6 Å². The SMILES string of the molecule is CCNc1nc(OCC)nc(Sc2ccc(Br)cn2)n1. The van der Waals surface area contributed by atoms with Crippen molar-refractivity contribution in [2.75, 3.05) is 18.5 Å². The maximum absolute atomic E-state index is 5.35. The average molecular weight is 356 g/mol. The van der Waals surface area contributed by atoms with Crippen LogP contribution in [-0.4, -0.2) is 33.1 Å². The van der Waals surface area contributed by atoms with E-state index in [4.69, 9.17) is 4.74 Å². The van der Waals surface area contributed by atoms with Crippen molar-refractivity contribution < 1.29 is 4.74 Å². The molecule has 0 bridgehead atoms. The van der Waals surface area contributed by atoms with Gasteiger partial charge >= 0.3 is 6.01 Å². The lowest BCUT2D eigenvalue weighted by Gasteiger charge is -2.07. The van der Waals surface area contributed by atoms with E-state index in [1.165, 1.54) is 11.8 Å². The summed E-state index contributed by atoms with van der Waals surface area (Å²) < 4.78 is 6.28. The van der Waals surface area contributed by atoms with Crippen LogP contribution < -0.4 is 10.1 Å². The van der Waals surface area contributed by atoms with Crippen LogP contribution in [0.5, 0.6) is 6.01 Å². The molecule has 0 spiro atoms. The predicted molar refractivity (Wildman–Crippen MR) is 81.2 cm³/mol. The first-order valence-corrected chi connectivity index (χ1v) is 7.74. The zero-order valence-corrected chi connectivity index (χ0v) is 13.5. The van der Waals surface area contributed by atoms with Crippen LogP contribution >= 0.6 is 27.7 Å². The Labute approximate surface area is 129 Å². The molecule has 2 heterocycles. The van der Waals surface area contributed by atoms with Crippen LogP contribution in [-0.2, 0) is 0 Å². The molecule has 6 nitrogen and oxygen atoms in total. The fourth-order valence-electron chi connectivity index (χ4n) is 1.33. The Morgan fingerprint density at radius 3 is 2.75 bits per heavy atom. The summed E-state index contributed by atoms with van der Waals surface area (Å²) >= 11 is 4.71. The lowest BCUT2D eigenvalue weighted by Crippen LogP contribution is -2.07. The molecule has 1 N–H and O–H groups in total. The minimum Gasteiger partial charge on any atom is -0.464 e. The Morgan fingerprint density at radius 1 is 1.25 bits per heavy atom. The van der Waals surface area contributed by atoms with Crippen molar-refractivity contribution in [3.8, 4) is 6.01 Å². The molecular weight excluding hydrogens is 342 g/mol. The molecule has 8 heteroatoms. The molecular formula is C12H14BrN5OS. The van der Waals surface area contributed by atoms with Crippen molar-refractivity contribution in [2.45, 2.75) is 24.0 Å². The number of anilines is 1. The summed E-state index contributed by atoms with van der Waals surface area (Å²) in [6, 6.07) is 4.13. The second-order valence-corrected chi connectivity index (χ2v) is 5.51. The molecule has 20 heavy (non-hydrogen) atoms. The van der Waals surface area contributed by atoms with Crippen LogP contribution in [0.3, 0.4) is 0 Å². The summed E-state index contributed by atoms with van der Waals surface area (Å²) in [7, 11) is 0. The number of hydrogen-bond donors (Lipinski definition) is 1. The number of hydrogen-bond acceptors (Lipinski definition) is 7. The largest absolute Gasteiger partial charge is 0.464 e. The third kappa shape index (κ3) is 4.31. The number of nitrogens with one attached hydrogen (secondary N) is 1. The van der Waals surface area contributed by atoms with E-state index >= 15 is 0 Å². The Morgan fingerprint density at radius 2 is 2.10 bits per heavy atom. The second kappa shape index (κ2) is 7.39. The van der Waals surface area contributed by atoms with Gasteiger partial charge in [-0.2, -0.15) is 15.0 Å². The first kappa shape index (κ1) is 15.0. The maximum Gasteiger partial charge on any atom is 0.322 e. The summed E-state index contributed by atoms with van der Waals surface area (Å²) in [5, 5.41) is 4.42. The first-order chi connectivity index (χ1) is 9.71. The lowest BCUT2D eigenvalue weighted by atomic mass is 10.5. The zero-order chi connectivity index (χ0) is 14.4. The molecule has 2 aromatic heterocycles. The molecule has 0 unspecified atom stereocenters. The van der Waals surface area contributed by atoms with Crippen LogP contribution in [0.4, 0.5) is 5.95 Å². The smallest absolute Gasteiger partial charge is 0.322 e. The fraction of sp³-hybridized carbons (Fsp3) is 0.333. The summed E-state index contributed by atoms with van der Waals surface area (Å²) in [6.07, 6.45) is 1.73. The summed E-state index contributed by atoms with van der Waals surface area (Å²) in [6.45, 7) is 5.11. The van der Waals surface area contributed by atoms with E-state index in [9.17, 15) is 0 Å². The van der Waals surface area contributed by atoms with E-state index in [-0.39, 0.29) is 0 Å². The highest BCUT2D eigenvalue weighted by Crippen LogP contribution is 2.25. The molecule has 0 fully saturated rings. The third-order valence-corrected chi connectivity index (χ3v) is 3.38. The Kier molecular flexibility index (Phi) is 5.54. The topological polar surface area (TPSA) is 72.8 Å². The van der Waals surface area contributed by atoms with E-state index in [1.807, 2.05) is 26.0 Å². The molecule has 0 radical (unpaired) electrons. The van der Waals surface area contributed by atoms with E-state index in [0.29, 0.717) is 23.7 Å². The molecule has 2 aromatic rings. The Hall–Kier alpha value is -1.41. The molecule has 0 aromatic carbocycles. The van der Waals surface area contributed by atoms with Gasteiger partial charge in [0.15, 0.2) is 0 Å². The molecule has 0 aliphatic heterocycles. The summed E-state index contributed by atoms with van der Waals surface area (Å²) in [5.74, 6) is 0.505. The zero-order valence-electron chi connectivity index (χ0n) is 11.1. The van der Waals surface area contributed by atoms with E-state index < -0.39 is 0 Å². The quantitative estimate of drug-likeness (QED) is 0.853. The minimum absolute atomic E-state index is 0.318. The molecule has 0 amide bonds. The molecule has 0 atom stereocenters. The highest BCUT2D eigenvalue weighted by molar-refractivity contribution is 9.10. The molecule has 0 saturated carbocycles. The monoisotopic (exact) mass is 355 g/mol. The van der Waals surface area contributed by atoms with Gasteiger partial charge in [0.05, 0.1) is 6.61 Å². The second-order valence-electron chi connectivity index (χ2n) is 3.60. The highest BCUT2D eigenvalue weighted by Gasteiger charge is 2.09. The number of pyridine rings is 1. The van der Waals surface area contributed by atoms with E-state index in [1.54, 1.807) is 6.20 Å². The van der Waals surface area contributed by atoms with Gasteiger partial charge < -0.3 is 10.1 Å². The summed E-state index contributed by atoms with van der Waals surface area (Å²) in [5.41, 5.74) is 0. The number of rotatable bonds is 6. The van der Waals surface area contributed by atoms with Gasteiger partial charge in [-0.05, 0) is 53.7 Å².